The molecule has 0 aromatic heterocycles. The molecule has 0 saturated carbocycles. The van der Waals surface area contributed by atoms with Crippen LogP contribution in [-0.4, -0.2) is 28.9 Å². The van der Waals surface area contributed by atoms with E-state index in [0.29, 0.717) is 33.8 Å². The van der Waals surface area contributed by atoms with Gasteiger partial charge in [0.2, 0.25) is 0 Å². The predicted octanol–water partition coefficient (Wildman–Crippen LogP) is 5.82. The number of benzene rings is 2. The number of nitro benzene ring substituents is 1. The van der Waals surface area contributed by atoms with E-state index < -0.39 is 22.1 Å². The van der Waals surface area contributed by atoms with Crippen LogP contribution in [-0.2, 0) is 19.1 Å². The maximum Gasteiger partial charge on any atom is 0.316 e. The summed E-state index contributed by atoms with van der Waals surface area (Å²) in [5.41, 5.74) is 1.31. The lowest BCUT2D eigenvalue weighted by Crippen LogP contribution is -2.31. The van der Waals surface area contributed by atoms with Crippen molar-refractivity contribution in [1.82, 2.24) is 0 Å². The quantitative estimate of drug-likeness (QED) is 0.284. The molecule has 2 bridgehead atoms. The van der Waals surface area contributed by atoms with Crippen molar-refractivity contribution in [2.45, 2.75) is 59.7 Å². The van der Waals surface area contributed by atoms with Gasteiger partial charge in [0, 0.05) is 6.07 Å². The summed E-state index contributed by atoms with van der Waals surface area (Å²) in [7, 11) is 0. The monoisotopic (exact) mass is 509 g/mol. The third kappa shape index (κ3) is 4.21. The van der Waals surface area contributed by atoms with Gasteiger partial charge in [-0.05, 0) is 82.3 Å². The molecule has 0 radical (unpaired) electrons. The van der Waals surface area contributed by atoms with Crippen LogP contribution in [0.3, 0.4) is 0 Å². The zero-order chi connectivity index (χ0) is 26.8. The highest BCUT2D eigenvalue weighted by atomic mass is 19.1. The Morgan fingerprint density at radius 1 is 1.08 bits per heavy atom. The van der Waals surface area contributed by atoms with Gasteiger partial charge in [-0.1, -0.05) is 0 Å². The van der Waals surface area contributed by atoms with Crippen molar-refractivity contribution in [3.05, 3.63) is 68.7 Å². The fourth-order valence-electron chi connectivity index (χ4n) is 5.61. The van der Waals surface area contributed by atoms with Crippen molar-refractivity contribution in [3.63, 3.8) is 0 Å². The number of aryl methyl sites for hydroxylation is 2. The Morgan fingerprint density at radius 2 is 1.70 bits per heavy atom. The fraction of sp³-hybridized carbons (Fsp3) is 0.429. The van der Waals surface area contributed by atoms with Crippen LogP contribution in [0, 0.1) is 47.0 Å². The number of nitrogens with zero attached hydrogens (tertiary/aromatic N) is 1. The van der Waals surface area contributed by atoms with Crippen LogP contribution < -0.4 is 4.74 Å². The molecule has 1 aliphatic carbocycles. The summed E-state index contributed by atoms with van der Waals surface area (Å²) in [6, 6.07) is 6.52. The van der Waals surface area contributed by atoms with Gasteiger partial charge < -0.3 is 14.2 Å². The molecule has 194 valence electrons. The first-order chi connectivity index (χ1) is 17.4. The highest BCUT2D eigenvalue weighted by molar-refractivity contribution is 6.26. The van der Waals surface area contributed by atoms with Gasteiger partial charge in [0.1, 0.15) is 11.5 Å². The Labute approximate surface area is 213 Å². The van der Waals surface area contributed by atoms with Crippen molar-refractivity contribution < 1.29 is 33.1 Å². The molecule has 2 aromatic rings. The maximum absolute atomic E-state index is 14.4. The number of ketones is 1. The van der Waals surface area contributed by atoms with Gasteiger partial charge in [-0.3, -0.25) is 19.7 Å². The van der Waals surface area contributed by atoms with Gasteiger partial charge >= 0.3 is 5.97 Å². The van der Waals surface area contributed by atoms with Crippen molar-refractivity contribution >= 4 is 23.0 Å². The molecule has 2 heterocycles. The predicted molar refractivity (Wildman–Crippen MR) is 131 cm³/mol. The number of esters is 1. The highest BCUT2D eigenvalue weighted by Crippen LogP contribution is 2.55. The number of rotatable bonds is 5. The van der Waals surface area contributed by atoms with Crippen LogP contribution in [0.1, 0.15) is 50.3 Å². The highest BCUT2D eigenvalue weighted by Gasteiger charge is 2.60. The number of hydrogen-bond donors (Lipinski definition) is 0. The molecule has 2 aliphatic heterocycles. The Kier molecular flexibility index (Phi) is 5.94. The van der Waals surface area contributed by atoms with Crippen LogP contribution >= 0.6 is 0 Å². The topological polar surface area (TPSA) is 105 Å². The van der Waals surface area contributed by atoms with Crippen LogP contribution in [0.25, 0.3) is 5.57 Å². The Hall–Kier alpha value is -3.59. The molecule has 0 N–H and O–H groups in total. The minimum atomic E-state index is -0.859. The van der Waals surface area contributed by atoms with E-state index in [2.05, 4.69) is 0 Å². The number of ether oxygens (including phenoxy) is 3. The molecule has 37 heavy (non-hydrogen) atoms. The van der Waals surface area contributed by atoms with Crippen LogP contribution in [0.15, 0.2) is 36.1 Å². The molecule has 2 fully saturated rings. The lowest BCUT2D eigenvalue weighted by molar-refractivity contribution is -0.385. The number of Topliss-reactive ketones (excluding diaryl/α,β-unsaturated/α-hetero) is 1. The first-order valence-electron chi connectivity index (χ1n) is 12.3. The zero-order valence-corrected chi connectivity index (χ0v) is 21.3. The molecule has 3 aliphatic rings. The molecule has 2 aromatic carbocycles. The zero-order valence-electron chi connectivity index (χ0n) is 21.3. The molecule has 0 unspecified atom stereocenters. The van der Waals surface area contributed by atoms with Crippen LogP contribution in [0.5, 0.6) is 11.5 Å². The number of allylic oxidation sites excluding steroid dienone is 1. The van der Waals surface area contributed by atoms with Crippen LogP contribution in [0.2, 0.25) is 0 Å². The number of hydrogen-bond acceptors (Lipinski definition) is 7. The first kappa shape index (κ1) is 25.1. The minimum absolute atomic E-state index is 0.0878. The number of carbonyl (C=O) groups excluding carboxylic acids is 2. The molecule has 4 atom stereocenters. The first-order valence-corrected chi connectivity index (χ1v) is 12.3. The summed E-state index contributed by atoms with van der Waals surface area (Å²) in [6.45, 7) is 8.91. The normalized spacial score (nSPS) is 24.4. The minimum Gasteiger partial charge on any atom is -0.454 e. The largest absolute Gasteiger partial charge is 0.454 e. The number of nitro groups is 1. The Bertz CT molecular complexity index is 1350. The van der Waals surface area contributed by atoms with E-state index in [9.17, 15) is 24.1 Å². The van der Waals surface area contributed by atoms with E-state index in [-0.39, 0.29) is 41.3 Å². The maximum atomic E-state index is 14.4. The number of fused-ring (bicyclic) bond motifs is 5. The van der Waals surface area contributed by atoms with Gasteiger partial charge in [0.05, 0.1) is 46.0 Å². The van der Waals surface area contributed by atoms with Crippen molar-refractivity contribution in [2.24, 2.45) is 17.3 Å². The molecule has 2 saturated heterocycles. The number of halogens is 1. The second-order valence-corrected chi connectivity index (χ2v) is 11.0. The molecule has 5 rings (SSSR count). The van der Waals surface area contributed by atoms with E-state index in [1.54, 1.807) is 32.9 Å². The lowest BCUT2D eigenvalue weighted by Gasteiger charge is -2.24. The van der Waals surface area contributed by atoms with Crippen molar-refractivity contribution in [3.8, 4) is 11.5 Å². The third-order valence-corrected chi connectivity index (χ3v) is 7.30. The fourth-order valence-corrected chi connectivity index (χ4v) is 5.61. The van der Waals surface area contributed by atoms with Gasteiger partial charge in [-0.25, -0.2) is 4.39 Å². The summed E-state index contributed by atoms with van der Waals surface area (Å²) in [5.74, 6) is -1.50. The molecule has 9 heteroatoms. The Morgan fingerprint density at radius 3 is 2.27 bits per heavy atom. The summed E-state index contributed by atoms with van der Waals surface area (Å²) in [4.78, 5) is 36.9. The molecule has 0 amide bonds. The molecule has 0 spiro atoms. The average molecular weight is 510 g/mol. The molecular weight excluding hydrogens is 481 g/mol. The number of carbonyl (C=O) groups is 2. The standard InChI is InChI=1S/C28H28FNO7/c1-13-10-16(35-18-7-6-15(30(33)34)12-17(18)29)11-14(2)21(13)24-25(31)22-19-8-9-20(36-19)23(22)26(24)37-27(32)28(3,4)5/h6-7,10-12,19-20,22-23H,8-9H2,1-5H3/t19-,20+,22-,23+/m0/s1. The van der Waals surface area contributed by atoms with E-state index >= 15 is 0 Å². The molecular formula is C28H28FNO7. The van der Waals surface area contributed by atoms with Gasteiger partial charge in [-0.2, -0.15) is 0 Å². The average Bonchev–Trinajstić information content (AvgIpc) is 3.48. The van der Waals surface area contributed by atoms with Crippen molar-refractivity contribution in [2.75, 3.05) is 0 Å². The van der Waals surface area contributed by atoms with E-state index in [0.717, 1.165) is 18.9 Å². The van der Waals surface area contributed by atoms with Gasteiger partial charge in [0.25, 0.3) is 5.69 Å². The van der Waals surface area contributed by atoms with E-state index in [1.807, 2.05) is 13.8 Å². The summed E-state index contributed by atoms with van der Waals surface area (Å²) < 4.78 is 32.1. The second-order valence-electron chi connectivity index (χ2n) is 11.0. The number of non-ortho nitro benzene ring substituents is 1. The van der Waals surface area contributed by atoms with Crippen LogP contribution in [0.4, 0.5) is 10.1 Å². The second kappa shape index (κ2) is 8.76. The summed E-state index contributed by atoms with van der Waals surface area (Å²) in [6.07, 6.45) is 1.27. The SMILES string of the molecule is Cc1cc(Oc2ccc([N+](=O)[O-])cc2F)cc(C)c1C1=C(OC(=O)C(C)(C)C)[C@H]2[C@@H](C1=O)[C@@H]1CC[C@H]2O1. The molecule has 8 nitrogen and oxygen atoms in total. The van der Waals surface area contributed by atoms with Crippen molar-refractivity contribution in [1.29, 1.82) is 0 Å². The van der Waals surface area contributed by atoms with Gasteiger partial charge in [0.15, 0.2) is 17.3 Å². The summed E-state index contributed by atoms with van der Waals surface area (Å²) in [5, 5.41) is 10.9. The Balaban J connectivity index is 1.55. The van der Waals surface area contributed by atoms with E-state index in [4.69, 9.17) is 14.2 Å². The smallest absolute Gasteiger partial charge is 0.316 e. The summed E-state index contributed by atoms with van der Waals surface area (Å²) >= 11 is 0. The van der Waals surface area contributed by atoms with E-state index in [1.165, 1.54) is 12.1 Å². The lowest BCUT2D eigenvalue weighted by atomic mass is 9.80. The van der Waals surface area contributed by atoms with Gasteiger partial charge in [-0.15, -0.1) is 0 Å². The third-order valence-electron chi connectivity index (χ3n) is 7.30.